The van der Waals surface area contributed by atoms with Crippen LogP contribution in [0.1, 0.15) is 48.5 Å². The maximum Gasteiger partial charge on any atom is 0.254 e. The minimum Gasteiger partial charge on any atom is -0.495 e. The van der Waals surface area contributed by atoms with Gasteiger partial charge in [-0.25, -0.2) is 0 Å². The van der Waals surface area contributed by atoms with E-state index < -0.39 is 0 Å². The number of carbonyl (C=O) groups excluding carboxylic acids is 1. The fourth-order valence-electron chi connectivity index (χ4n) is 3.54. The summed E-state index contributed by atoms with van der Waals surface area (Å²) < 4.78 is 5.25. The van der Waals surface area contributed by atoms with Gasteiger partial charge < -0.3 is 9.64 Å². The van der Waals surface area contributed by atoms with E-state index in [-0.39, 0.29) is 5.91 Å². The topological polar surface area (TPSA) is 29.5 Å². The van der Waals surface area contributed by atoms with Crippen molar-refractivity contribution in [1.82, 2.24) is 4.90 Å². The lowest BCUT2D eigenvalue weighted by atomic mass is 9.85. The van der Waals surface area contributed by atoms with Gasteiger partial charge in [0.1, 0.15) is 5.75 Å². The van der Waals surface area contributed by atoms with E-state index in [2.05, 4.69) is 6.92 Å². The van der Waals surface area contributed by atoms with Crippen molar-refractivity contribution < 1.29 is 9.53 Å². The van der Waals surface area contributed by atoms with Crippen LogP contribution in [-0.4, -0.2) is 24.0 Å². The zero-order valence-corrected chi connectivity index (χ0v) is 12.7. The van der Waals surface area contributed by atoms with Crippen LogP contribution in [0.3, 0.4) is 0 Å². The largest absolute Gasteiger partial charge is 0.495 e. The van der Waals surface area contributed by atoms with E-state index in [1.165, 1.54) is 19.3 Å². The number of benzene rings is 1. The smallest absolute Gasteiger partial charge is 0.254 e. The van der Waals surface area contributed by atoms with Crippen molar-refractivity contribution in [3.8, 4) is 5.75 Å². The summed E-state index contributed by atoms with van der Waals surface area (Å²) in [5.41, 5.74) is 1.67. The van der Waals surface area contributed by atoms with Gasteiger partial charge in [-0.3, -0.25) is 4.79 Å². The summed E-state index contributed by atoms with van der Waals surface area (Å²) >= 11 is 6.36. The van der Waals surface area contributed by atoms with Crippen LogP contribution >= 0.6 is 11.6 Å². The zero-order chi connectivity index (χ0) is 14.3. The first-order chi connectivity index (χ1) is 9.63. The molecule has 3 rings (SSSR count). The summed E-state index contributed by atoms with van der Waals surface area (Å²) in [6.45, 7) is 2.88. The summed E-state index contributed by atoms with van der Waals surface area (Å²) in [5.74, 6) is 1.35. The Balaban J connectivity index is 1.92. The first-order valence-corrected chi connectivity index (χ1v) is 7.67. The minimum atomic E-state index is 0.128. The highest BCUT2D eigenvalue weighted by Crippen LogP contribution is 2.39. The number of amides is 1. The first-order valence-electron chi connectivity index (χ1n) is 7.29. The van der Waals surface area contributed by atoms with Gasteiger partial charge >= 0.3 is 0 Å². The standard InChI is InChI=1S/C16H20ClNO2/c1-10-5-3-4-6-13(10)18-9-12-11(16(18)19)7-8-14(20-2)15(12)17/h7-8,10,13H,3-6,9H2,1-2H3/t10-,13+/m1/s1. The fourth-order valence-corrected chi connectivity index (χ4v) is 3.84. The van der Waals surface area contributed by atoms with Gasteiger partial charge in [-0.2, -0.15) is 0 Å². The van der Waals surface area contributed by atoms with Crippen LogP contribution < -0.4 is 4.74 Å². The quantitative estimate of drug-likeness (QED) is 0.828. The van der Waals surface area contributed by atoms with Crippen LogP contribution in [0.15, 0.2) is 12.1 Å². The van der Waals surface area contributed by atoms with Crippen molar-refractivity contribution in [3.05, 3.63) is 28.3 Å². The molecular formula is C16H20ClNO2. The molecule has 0 unspecified atom stereocenters. The first kappa shape index (κ1) is 13.7. The third-order valence-electron chi connectivity index (χ3n) is 4.71. The molecule has 4 heteroatoms. The number of rotatable bonds is 2. The molecule has 3 nitrogen and oxygen atoms in total. The van der Waals surface area contributed by atoms with Crippen LogP contribution in [-0.2, 0) is 6.54 Å². The number of halogens is 1. The van der Waals surface area contributed by atoms with Crippen LogP contribution in [0.4, 0.5) is 0 Å². The maximum absolute atomic E-state index is 12.6. The highest BCUT2D eigenvalue weighted by atomic mass is 35.5. The molecule has 1 heterocycles. The average molecular weight is 294 g/mol. The van der Waals surface area contributed by atoms with Gasteiger partial charge in [-0.05, 0) is 30.9 Å². The lowest BCUT2D eigenvalue weighted by Crippen LogP contribution is -2.41. The van der Waals surface area contributed by atoms with E-state index >= 15 is 0 Å². The molecular weight excluding hydrogens is 274 g/mol. The minimum absolute atomic E-state index is 0.128. The molecule has 0 N–H and O–H groups in total. The number of carbonyl (C=O) groups is 1. The Bertz CT molecular complexity index is 544. The highest BCUT2D eigenvalue weighted by Gasteiger charge is 2.37. The number of methoxy groups -OCH3 is 1. The molecule has 0 bridgehead atoms. The van der Waals surface area contributed by atoms with Crippen molar-refractivity contribution in [2.24, 2.45) is 5.92 Å². The number of ether oxygens (including phenoxy) is 1. The van der Waals surface area contributed by atoms with Crippen molar-refractivity contribution in [2.45, 2.75) is 45.2 Å². The normalized spacial score (nSPS) is 25.8. The molecule has 1 aliphatic carbocycles. The molecule has 0 radical (unpaired) electrons. The van der Waals surface area contributed by atoms with E-state index in [1.807, 2.05) is 11.0 Å². The lowest BCUT2D eigenvalue weighted by Gasteiger charge is -2.36. The van der Waals surface area contributed by atoms with Gasteiger partial charge in [-0.1, -0.05) is 31.4 Å². The Morgan fingerprint density at radius 2 is 2.05 bits per heavy atom. The van der Waals surface area contributed by atoms with E-state index in [9.17, 15) is 4.79 Å². The second kappa shape index (κ2) is 5.28. The molecule has 0 saturated heterocycles. The third kappa shape index (κ3) is 2.08. The Labute approximate surface area is 124 Å². The van der Waals surface area contributed by atoms with Gasteiger partial charge in [0.05, 0.1) is 12.1 Å². The number of nitrogens with zero attached hydrogens (tertiary/aromatic N) is 1. The molecule has 1 aromatic carbocycles. The third-order valence-corrected chi connectivity index (χ3v) is 5.13. The Morgan fingerprint density at radius 3 is 2.75 bits per heavy atom. The predicted molar refractivity (Wildman–Crippen MR) is 79.3 cm³/mol. The highest BCUT2D eigenvalue weighted by molar-refractivity contribution is 6.33. The summed E-state index contributed by atoms with van der Waals surface area (Å²) in [6, 6.07) is 3.98. The second-order valence-electron chi connectivity index (χ2n) is 5.87. The molecule has 1 fully saturated rings. The van der Waals surface area contributed by atoms with E-state index in [1.54, 1.807) is 13.2 Å². The summed E-state index contributed by atoms with van der Waals surface area (Å²) in [6.07, 6.45) is 4.81. The maximum atomic E-state index is 12.6. The molecule has 0 spiro atoms. The monoisotopic (exact) mass is 293 g/mol. The van der Waals surface area contributed by atoms with Gasteiger partial charge in [0.2, 0.25) is 0 Å². The number of hydrogen-bond acceptors (Lipinski definition) is 2. The molecule has 1 amide bonds. The predicted octanol–water partition coefficient (Wildman–Crippen LogP) is 3.88. The van der Waals surface area contributed by atoms with E-state index in [0.29, 0.717) is 29.3 Å². The van der Waals surface area contributed by atoms with Crippen LogP contribution in [0.5, 0.6) is 5.75 Å². The zero-order valence-electron chi connectivity index (χ0n) is 12.0. The molecule has 2 aliphatic rings. The van der Waals surface area contributed by atoms with Gasteiger partial charge in [0.15, 0.2) is 0 Å². The molecule has 2 atom stereocenters. The van der Waals surface area contributed by atoms with Crippen molar-refractivity contribution in [2.75, 3.05) is 7.11 Å². The van der Waals surface area contributed by atoms with Crippen LogP contribution in [0.2, 0.25) is 5.02 Å². The average Bonchev–Trinajstić information content (AvgIpc) is 2.78. The van der Waals surface area contributed by atoms with Crippen LogP contribution in [0, 0.1) is 5.92 Å². The Kier molecular flexibility index (Phi) is 3.63. The summed E-state index contributed by atoms with van der Waals surface area (Å²) in [7, 11) is 1.60. The molecule has 20 heavy (non-hydrogen) atoms. The number of fused-ring (bicyclic) bond motifs is 1. The SMILES string of the molecule is COc1ccc2c(c1Cl)CN([C@H]1CCCC[C@H]1C)C2=O. The fraction of sp³-hybridized carbons (Fsp3) is 0.562. The second-order valence-corrected chi connectivity index (χ2v) is 6.25. The summed E-state index contributed by atoms with van der Waals surface area (Å²) in [5, 5.41) is 0.587. The molecule has 0 aromatic heterocycles. The van der Waals surface area contributed by atoms with Gasteiger partial charge in [0, 0.05) is 23.7 Å². The summed E-state index contributed by atoms with van der Waals surface area (Å²) in [4.78, 5) is 14.6. The van der Waals surface area contributed by atoms with E-state index in [4.69, 9.17) is 16.3 Å². The van der Waals surface area contributed by atoms with Gasteiger partial charge in [-0.15, -0.1) is 0 Å². The molecule has 1 saturated carbocycles. The van der Waals surface area contributed by atoms with Crippen molar-refractivity contribution >= 4 is 17.5 Å². The Hall–Kier alpha value is -1.22. The molecule has 108 valence electrons. The van der Waals surface area contributed by atoms with Crippen molar-refractivity contribution in [1.29, 1.82) is 0 Å². The van der Waals surface area contributed by atoms with E-state index in [0.717, 1.165) is 17.5 Å². The number of hydrogen-bond donors (Lipinski definition) is 0. The van der Waals surface area contributed by atoms with Crippen LogP contribution in [0.25, 0.3) is 0 Å². The molecule has 1 aliphatic heterocycles. The molecule has 1 aromatic rings. The van der Waals surface area contributed by atoms with Gasteiger partial charge in [0.25, 0.3) is 5.91 Å². The Morgan fingerprint density at radius 1 is 1.30 bits per heavy atom. The van der Waals surface area contributed by atoms with Crippen molar-refractivity contribution in [3.63, 3.8) is 0 Å². The lowest BCUT2D eigenvalue weighted by molar-refractivity contribution is 0.0579.